The number of thiophene rings is 1. The van der Waals surface area contributed by atoms with Crippen LogP contribution in [0.1, 0.15) is 38.1 Å². The summed E-state index contributed by atoms with van der Waals surface area (Å²) in [6.07, 6.45) is 1.38. The average Bonchev–Trinajstić information content (AvgIpc) is 2.93. The molecular formula is C18H28N2O2S. The number of rotatable bonds is 3. The quantitative estimate of drug-likeness (QED) is 0.851. The molecule has 1 aromatic heterocycles. The lowest BCUT2D eigenvalue weighted by molar-refractivity contribution is -0.146. The first kappa shape index (κ1) is 16.9. The lowest BCUT2D eigenvalue weighted by atomic mass is 9.97. The Morgan fingerprint density at radius 1 is 1.30 bits per heavy atom. The van der Waals surface area contributed by atoms with Crippen molar-refractivity contribution in [3.05, 3.63) is 21.9 Å². The summed E-state index contributed by atoms with van der Waals surface area (Å²) in [6.45, 7) is 11.8. The summed E-state index contributed by atoms with van der Waals surface area (Å²) in [7, 11) is 0. The molecule has 3 unspecified atom stereocenters. The van der Waals surface area contributed by atoms with E-state index in [4.69, 9.17) is 4.74 Å². The molecule has 0 radical (unpaired) electrons. The third-order valence-electron chi connectivity index (χ3n) is 4.85. The van der Waals surface area contributed by atoms with Crippen LogP contribution in [-0.4, -0.2) is 53.6 Å². The van der Waals surface area contributed by atoms with E-state index in [1.807, 2.05) is 11.3 Å². The van der Waals surface area contributed by atoms with Crippen LogP contribution in [0.2, 0.25) is 0 Å². The van der Waals surface area contributed by atoms with Crippen molar-refractivity contribution in [2.45, 2.75) is 58.9 Å². The van der Waals surface area contributed by atoms with E-state index >= 15 is 0 Å². The zero-order valence-corrected chi connectivity index (χ0v) is 15.4. The Labute approximate surface area is 143 Å². The lowest BCUT2D eigenvalue weighted by Crippen LogP contribution is -2.58. The van der Waals surface area contributed by atoms with Gasteiger partial charge in [0.2, 0.25) is 5.91 Å². The van der Waals surface area contributed by atoms with E-state index in [2.05, 4.69) is 48.9 Å². The van der Waals surface area contributed by atoms with Crippen molar-refractivity contribution in [1.29, 1.82) is 0 Å². The van der Waals surface area contributed by atoms with Crippen molar-refractivity contribution >= 4 is 17.2 Å². The average molecular weight is 337 g/mol. The normalized spacial score (nSPS) is 27.1. The Hall–Kier alpha value is -0.910. The molecule has 0 bridgehead atoms. The number of morpholine rings is 1. The van der Waals surface area contributed by atoms with Gasteiger partial charge in [0, 0.05) is 31.1 Å². The van der Waals surface area contributed by atoms with Crippen LogP contribution in [-0.2, 0) is 22.5 Å². The fraction of sp³-hybridized carbons (Fsp3) is 0.722. The molecular weight excluding hydrogens is 308 g/mol. The van der Waals surface area contributed by atoms with Gasteiger partial charge < -0.3 is 9.64 Å². The summed E-state index contributed by atoms with van der Waals surface area (Å²) in [4.78, 5) is 19.1. The third kappa shape index (κ3) is 3.62. The van der Waals surface area contributed by atoms with Crippen molar-refractivity contribution in [3.8, 4) is 0 Å². The summed E-state index contributed by atoms with van der Waals surface area (Å²) in [5.74, 6) is 0.599. The highest BCUT2D eigenvalue weighted by Gasteiger charge is 2.37. The zero-order valence-electron chi connectivity index (χ0n) is 14.6. The van der Waals surface area contributed by atoms with Gasteiger partial charge in [-0.05, 0) is 43.2 Å². The summed E-state index contributed by atoms with van der Waals surface area (Å²) in [6, 6.07) is 2.13. The van der Waals surface area contributed by atoms with E-state index in [0.29, 0.717) is 5.92 Å². The second kappa shape index (κ2) is 6.91. The monoisotopic (exact) mass is 336 g/mol. The highest BCUT2D eigenvalue weighted by molar-refractivity contribution is 7.10. The van der Waals surface area contributed by atoms with E-state index in [-0.39, 0.29) is 24.2 Å². The van der Waals surface area contributed by atoms with Gasteiger partial charge in [0.05, 0.1) is 18.2 Å². The van der Waals surface area contributed by atoms with Gasteiger partial charge in [-0.3, -0.25) is 9.69 Å². The van der Waals surface area contributed by atoms with Gasteiger partial charge in [-0.1, -0.05) is 13.8 Å². The molecule has 0 aliphatic carbocycles. The van der Waals surface area contributed by atoms with Crippen LogP contribution in [0.15, 0.2) is 11.4 Å². The zero-order chi connectivity index (χ0) is 16.6. The molecule has 5 heteroatoms. The SMILES string of the molecule is CC1CN(C(C(=O)N2CCc3sccc3C2)C(C)C)CC(C)O1. The molecule has 1 fully saturated rings. The Morgan fingerprint density at radius 2 is 2.00 bits per heavy atom. The summed E-state index contributed by atoms with van der Waals surface area (Å²) in [5.41, 5.74) is 1.33. The van der Waals surface area contributed by atoms with Gasteiger partial charge in [-0.25, -0.2) is 0 Å². The van der Waals surface area contributed by atoms with E-state index in [9.17, 15) is 4.79 Å². The third-order valence-corrected chi connectivity index (χ3v) is 5.87. The van der Waals surface area contributed by atoms with Crippen LogP contribution in [0.25, 0.3) is 0 Å². The molecule has 1 saturated heterocycles. The number of hydrogen-bond acceptors (Lipinski definition) is 4. The van der Waals surface area contributed by atoms with Crippen LogP contribution in [0, 0.1) is 5.92 Å². The number of hydrogen-bond donors (Lipinski definition) is 0. The highest BCUT2D eigenvalue weighted by atomic mass is 32.1. The molecule has 2 aliphatic rings. The Morgan fingerprint density at radius 3 is 2.65 bits per heavy atom. The molecule has 3 heterocycles. The van der Waals surface area contributed by atoms with Crippen LogP contribution < -0.4 is 0 Å². The van der Waals surface area contributed by atoms with E-state index < -0.39 is 0 Å². The number of amides is 1. The summed E-state index contributed by atoms with van der Waals surface area (Å²) < 4.78 is 5.84. The minimum Gasteiger partial charge on any atom is -0.373 e. The van der Waals surface area contributed by atoms with Gasteiger partial charge in [0.25, 0.3) is 0 Å². The topological polar surface area (TPSA) is 32.8 Å². The van der Waals surface area contributed by atoms with Gasteiger partial charge in [0.15, 0.2) is 0 Å². The summed E-state index contributed by atoms with van der Waals surface area (Å²) in [5, 5.41) is 2.14. The number of nitrogens with zero attached hydrogens (tertiary/aromatic N) is 2. The maximum absolute atomic E-state index is 13.2. The largest absolute Gasteiger partial charge is 0.373 e. The molecule has 2 aliphatic heterocycles. The van der Waals surface area contributed by atoms with E-state index in [1.165, 1.54) is 10.4 Å². The van der Waals surface area contributed by atoms with E-state index in [0.717, 1.165) is 32.6 Å². The molecule has 0 spiro atoms. The molecule has 0 saturated carbocycles. The molecule has 0 N–H and O–H groups in total. The van der Waals surface area contributed by atoms with Crippen LogP contribution in [0.3, 0.4) is 0 Å². The molecule has 0 aromatic carbocycles. The fourth-order valence-electron chi connectivity index (χ4n) is 3.93. The van der Waals surface area contributed by atoms with Gasteiger partial charge in [0.1, 0.15) is 0 Å². The molecule has 1 aromatic rings. The van der Waals surface area contributed by atoms with Gasteiger partial charge >= 0.3 is 0 Å². The molecule has 1 amide bonds. The minimum atomic E-state index is -0.0380. The van der Waals surface area contributed by atoms with Crippen LogP contribution >= 0.6 is 11.3 Å². The molecule has 128 valence electrons. The Kier molecular flexibility index (Phi) is 5.09. The number of carbonyl (C=O) groups is 1. The number of ether oxygens (including phenoxy) is 1. The Bertz CT molecular complexity index is 547. The fourth-order valence-corrected chi connectivity index (χ4v) is 4.82. The van der Waals surface area contributed by atoms with Crippen molar-refractivity contribution in [3.63, 3.8) is 0 Å². The lowest BCUT2D eigenvalue weighted by Gasteiger charge is -2.43. The number of fused-ring (bicyclic) bond motifs is 1. The molecule has 3 rings (SSSR count). The van der Waals surface area contributed by atoms with Crippen molar-refractivity contribution in [2.75, 3.05) is 19.6 Å². The highest BCUT2D eigenvalue weighted by Crippen LogP contribution is 2.27. The van der Waals surface area contributed by atoms with Gasteiger partial charge in [-0.2, -0.15) is 0 Å². The minimum absolute atomic E-state index is 0.0380. The molecule has 3 atom stereocenters. The number of carbonyl (C=O) groups excluding carboxylic acids is 1. The second-order valence-corrected chi connectivity index (χ2v) is 8.28. The van der Waals surface area contributed by atoms with Crippen molar-refractivity contribution in [2.24, 2.45) is 5.92 Å². The van der Waals surface area contributed by atoms with Crippen LogP contribution in [0.4, 0.5) is 0 Å². The predicted molar refractivity (Wildman–Crippen MR) is 93.6 cm³/mol. The Balaban J connectivity index is 1.74. The first-order valence-corrected chi connectivity index (χ1v) is 9.57. The molecule has 4 nitrogen and oxygen atoms in total. The van der Waals surface area contributed by atoms with Crippen molar-refractivity contribution < 1.29 is 9.53 Å². The summed E-state index contributed by atoms with van der Waals surface area (Å²) >= 11 is 1.82. The smallest absolute Gasteiger partial charge is 0.240 e. The van der Waals surface area contributed by atoms with Gasteiger partial charge in [-0.15, -0.1) is 11.3 Å². The molecule has 23 heavy (non-hydrogen) atoms. The maximum Gasteiger partial charge on any atom is 0.240 e. The standard InChI is InChI=1S/C18H28N2O2S/c1-12(2)17(20-9-13(3)22-14(4)10-20)18(21)19-7-5-16-15(11-19)6-8-23-16/h6,8,12-14,17H,5,7,9-11H2,1-4H3. The van der Waals surface area contributed by atoms with Crippen LogP contribution in [0.5, 0.6) is 0 Å². The first-order valence-electron chi connectivity index (χ1n) is 8.69. The predicted octanol–water partition coefficient (Wildman–Crippen LogP) is 2.77. The second-order valence-electron chi connectivity index (χ2n) is 7.28. The maximum atomic E-state index is 13.2. The van der Waals surface area contributed by atoms with Crippen molar-refractivity contribution in [1.82, 2.24) is 9.80 Å². The van der Waals surface area contributed by atoms with E-state index in [1.54, 1.807) is 0 Å². The first-order chi connectivity index (χ1) is 11.0.